The summed E-state index contributed by atoms with van der Waals surface area (Å²) in [7, 11) is 0. The van der Waals surface area contributed by atoms with Crippen LogP contribution in [0.3, 0.4) is 0 Å². The molecule has 0 saturated carbocycles. The van der Waals surface area contributed by atoms with Gasteiger partial charge in [0.2, 0.25) is 0 Å². The van der Waals surface area contributed by atoms with Crippen LogP contribution in [0.25, 0.3) is 0 Å². The van der Waals surface area contributed by atoms with E-state index < -0.39 is 0 Å². The minimum atomic E-state index is -0.281. The highest BCUT2D eigenvalue weighted by Gasteiger charge is 2.25. The Morgan fingerprint density at radius 2 is 2.14 bits per heavy atom. The first kappa shape index (κ1) is 19.9. The van der Waals surface area contributed by atoms with E-state index in [-0.39, 0.29) is 11.9 Å². The number of anilines is 1. The van der Waals surface area contributed by atoms with Crippen molar-refractivity contribution in [3.8, 4) is 5.75 Å². The largest absolute Gasteiger partial charge is 0.494 e. The normalized spacial score (nSPS) is 16.9. The lowest BCUT2D eigenvalue weighted by Gasteiger charge is -2.20. The summed E-state index contributed by atoms with van der Waals surface area (Å²) < 4.78 is 19.7. The van der Waals surface area contributed by atoms with Crippen LogP contribution in [0.5, 0.6) is 5.75 Å². The van der Waals surface area contributed by atoms with Gasteiger partial charge in [0.25, 0.3) is 0 Å². The molecule has 150 valence electrons. The smallest absolute Gasteiger partial charge is 0.191 e. The molecule has 28 heavy (non-hydrogen) atoms. The van der Waals surface area contributed by atoms with Gasteiger partial charge in [-0.2, -0.15) is 0 Å². The number of hydrogen-bond donors (Lipinski definition) is 2. The Morgan fingerprint density at radius 1 is 1.29 bits per heavy atom. The molecule has 1 aromatic carbocycles. The quantitative estimate of drug-likeness (QED) is 0.567. The number of guanidine groups is 1. The fourth-order valence-corrected chi connectivity index (χ4v) is 3.29. The first-order chi connectivity index (χ1) is 13.7. The summed E-state index contributed by atoms with van der Waals surface area (Å²) in [5, 5.41) is 6.75. The topological polar surface area (TPSA) is 61.8 Å². The molecule has 1 aliphatic rings. The third-order valence-electron chi connectivity index (χ3n) is 4.59. The van der Waals surface area contributed by atoms with E-state index in [1.54, 1.807) is 12.3 Å². The number of nitrogens with zero attached hydrogens (tertiary/aromatic N) is 3. The first-order valence-electron chi connectivity index (χ1n) is 9.82. The van der Waals surface area contributed by atoms with E-state index >= 15 is 0 Å². The lowest BCUT2D eigenvalue weighted by molar-refractivity contribution is 0.336. The SMILES string of the molecule is CCNC(=NCc1ccccc1OCC)NC1CCN(c2ncccc2F)C1. The van der Waals surface area contributed by atoms with Crippen molar-refractivity contribution in [1.29, 1.82) is 0 Å². The number of rotatable bonds is 7. The number of pyridine rings is 1. The van der Waals surface area contributed by atoms with Gasteiger partial charge in [-0.15, -0.1) is 0 Å². The molecule has 1 fully saturated rings. The molecule has 1 unspecified atom stereocenters. The van der Waals surface area contributed by atoms with Gasteiger partial charge in [-0.3, -0.25) is 0 Å². The van der Waals surface area contributed by atoms with Gasteiger partial charge in [-0.25, -0.2) is 14.4 Å². The van der Waals surface area contributed by atoms with Crippen molar-refractivity contribution in [3.63, 3.8) is 0 Å². The molecule has 2 N–H and O–H groups in total. The number of halogens is 1. The zero-order valence-corrected chi connectivity index (χ0v) is 16.5. The Labute approximate surface area is 165 Å². The first-order valence-corrected chi connectivity index (χ1v) is 9.82. The average Bonchev–Trinajstić information content (AvgIpc) is 3.16. The maximum atomic E-state index is 14.0. The van der Waals surface area contributed by atoms with Crippen LogP contribution >= 0.6 is 0 Å². The zero-order valence-electron chi connectivity index (χ0n) is 16.5. The maximum Gasteiger partial charge on any atom is 0.191 e. The van der Waals surface area contributed by atoms with Crippen molar-refractivity contribution in [2.75, 3.05) is 31.1 Å². The number of ether oxygens (including phenoxy) is 1. The van der Waals surface area contributed by atoms with E-state index in [1.165, 1.54) is 6.07 Å². The molecule has 0 aliphatic carbocycles. The average molecular weight is 385 g/mol. The van der Waals surface area contributed by atoms with Gasteiger partial charge in [0.15, 0.2) is 17.6 Å². The number of para-hydroxylation sites is 1. The van der Waals surface area contributed by atoms with Crippen LogP contribution < -0.4 is 20.3 Å². The predicted octanol–water partition coefficient (Wildman–Crippen LogP) is 2.95. The van der Waals surface area contributed by atoms with Crippen LogP contribution in [0.15, 0.2) is 47.6 Å². The third-order valence-corrected chi connectivity index (χ3v) is 4.59. The Bertz CT molecular complexity index is 798. The number of hydrogen-bond acceptors (Lipinski definition) is 4. The second-order valence-corrected chi connectivity index (χ2v) is 6.62. The van der Waals surface area contributed by atoms with E-state index in [1.807, 2.05) is 43.0 Å². The molecule has 1 aliphatic heterocycles. The maximum absolute atomic E-state index is 14.0. The van der Waals surface area contributed by atoms with Crippen molar-refractivity contribution < 1.29 is 9.13 Å². The van der Waals surface area contributed by atoms with Gasteiger partial charge in [-0.1, -0.05) is 18.2 Å². The molecule has 1 atom stereocenters. The monoisotopic (exact) mass is 385 g/mol. The lowest BCUT2D eigenvalue weighted by atomic mass is 10.2. The van der Waals surface area contributed by atoms with Crippen LogP contribution in [-0.2, 0) is 6.54 Å². The fourth-order valence-electron chi connectivity index (χ4n) is 3.29. The molecule has 1 saturated heterocycles. The molecule has 0 radical (unpaired) electrons. The molecule has 1 aromatic heterocycles. The second kappa shape index (κ2) is 9.92. The van der Waals surface area contributed by atoms with Crippen molar-refractivity contribution in [2.24, 2.45) is 4.99 Å². The molecule has 0 amide bonds. The fraction of sp³-hybridized carbons (Fsp3) is 0.429. The Kier molecular flexibility index (Phi) is 7.06. The molecule has 0 bridgehead atoms. The molecule has 0 spiro atoms. The van der Waals surface area contributed by atoms with E-state index in [2.05, 4.69) is 15.6 Å². The van der Waals surface area contributed by atoms with Gasteiger partial charge in [-0.05, 0) is 38.5 Å². The number of aromatic nitrogens is 1. The van der Waals surface area contributed by atoms with Gasteiger partial charge in [0.1, 0.15) is 5.75 Å². The third kappa shape index (κ3) is 5.12. The van der Waals surface area contributed by atoms with Gasteiger partial charge < -0.3 is 20.3 Å². The lowest BCUT2D eigenvalue weighted by Crippen LogP contribution is -2.44. The highest BCUT2D eigenvalue weighted by molar-refractivity contribution is 5.80. The Balaban J connectivity index is 1.64. The molecule has 6 nitrogen and oxygen atoms in total. The van der Waals surface area contributed by atoms with Crippen molar-refractivity contribution in [2.45, 2.75) is 32.9 Å². The standard InChI is InChI=1S/C21H28FN5O/c1-3-23-21(25-14-16-8-5-6-10-19(16)28-4-2)26-17-11-13-27(15-17)20-18(22)9-7-12-24-20/h5-10,12,17H,3-4,11,13-15H2,1-2H3,(H2,23,25,26). The van der Waals surface area contributed by atoms with Crippen LogP contribution in [0.1, 0.15) is 25.8 Å². The van der Waals surface area contributed by atoms with Gasteiger partial charge in [0, 0.05) is 37.4 Å². The summed E-state index contributed by atoms with van der Waals surface area (Å²) in [4.78, 5) is 10.9. The van der Waals surface area contributed by atoms with Crippen LogP contribution in [0.2, 0.25) is 0 Å². The Hall–Kier alpha value is -2.83. The predicted molar refractivity (Wildman–Crippen MR) is 110 cm³/mol. The van der Waals surface area contributed by atoms with Gasteiger partial charge in [0.05, 0.1) is 13.2 Å². The van der Waals surface area contributed by atoms with E-state index in [0.29, 0.717) is 25.5 Å². The van der Waals surface area contributed by atoms with E-state index in [4.69, 9.17) is 9.73 Å². The minimum absolute atomic E-state index is 0.182. The summed E-state index contributed by atoms with van der Waals surface area (Å²) in [6, 6.07) is 11.2. The number of benzene rings is 1. The van der Waals surface area contributed by atoms with Crippen LogP contribution in [-0.4, -0.2) is 43.2 Å². The molecule has 3 rings (SSSR count). The van der Waals surface area contributed by atoms with Crippen molar-refractivity contribution in [1.82, 2.24) is 15.6 Å². The molecule has 2 aromatic rings. The summed E-state index contributed by atoms with van der Waals surface area (Å²) in [6.07, 6.45) is 2.52. The molecular weight excluding hydrogens is 357 g/mol. The molecule has 2 heterocycles. The van der Waals surface area contributed by atoms with Crippen molar-refractivity contribution >= 4 is 11.8 Å². The number of nitrogens with one attached hydrogen (secondary N) is 2. The molecular formula is C21H28FN5O. The summed E-state index contributed by atoms with van der Waals surface area (Å²) >= 11 is 0. The second-order valence-electron chi connectivity index (χ2n) is 6.62. The van der Waals surface area contributed by atoms with Crippen LogP contribution in [0, 0.1) is 5.82 Å². The highest BCUT2D eigenvalue weighted by Crippen LogP contribution is 2.21. The number of aliphatic imine (C=N–C) groups is 1. The highest BCUT2D eigenvalue weighted by atomic mass is 19.1. The van der Waals surface area contributed by atoms with Crippen molar-refractivity contribution in [3.05, 3.63) is 54.0 Å². The van der Waals surface area contributed by atoms with Crippen LogP contribution in [0.4, 0.5) is 10.2 Å². The summed E-state index contributed by atoms with van der Waals surface area (Å²) in [5.74, 6) is 1.75. The van der Waals surface area contributed by atoms with E-state index in [9.17, 15) is 4.39 Å². The molecule has 7 heteroatoms. The zero-order chi connectivity index (χ0) is 19.8. The summed E-state index contributed by atoms with van der Waals surface area (Å²) in [6.45, 7) is 7.38. The van der Waals surface area contributed by atoms with Gasteiger partial charge >= 0.3 is 0 Å². The minimum Gasteiger partial charge on any atom is -0.494 e. The summed E-state index contributed by atoms with van der Waals surface area (Å²) in [5.41, 5.74) is 1.05. The van der Waals surface area contributed by atoms with E-state index in [0.717, 1.165) is 36.8 Å². The Morgan fingerprint density at radius 3 is 2.93 bits per heavy atom.